The highest BCUT2D eigenvalue weighted by Gasteiger charge is 2.48. The van der Waals surface area contributed by atoms with Crippen molar-refractivity contribution in [2.24, 2.45) is 11.7 Å². The van der Waals surface area contributed by atoms with Crippen LogP contribution in [0.3, 0.4) is 0 Å². The van der Waals surface area contributed by atoms with Gasteiger partial charge in [-0.3, -0.25) is 0 Å². The fourth-order valence-corrected chi connectivity index (χ4v) is 2.53. The van der Waals surface area contributed by atoms with Crippen molar-refractivity contribution in [2.45, 2.75) is 11.6 Å². The number of benzene rings is 1. The van der Waals surface area contributed by atoms with Gasteiger partial charge in [0.15, 0.2) is 0 Å². The van der Waals surface area contributed by atoms with Gasteiger partial charge in [-0.15, -0.1) is 0 Å². The molecule has 1 aromatic rings. The quantitative estimate of drug-likeness (QED) is 0.828. The first-order chi connectivity index (χ1) is 8.63. The Balaban J connectivity index is 2.33. The zero-order valence-corrected chi connectivity index (χ0v) is 10.3. The van der Waals surface area contributed by atoms with Gasteiger partial charge in [-0.25, -0.2) is 4.39 Å². The van der Waals surface area contributed by atoms with Gasteiger partial charge in [0, 0.05) is 18.6 Å². The van der Waals surface area contributed by atoms with Gasteiger partial charge >= 0.3 is 0 Å². The molecule has 1 saturated heterocycles. The van der Waals surface area contributed by atoms with E-state index in [2.05, 4.69) is 0 Å². The van der Waals surface area contributed by atoms with Crippen molar-refractivity contribution in [3.05, 3.63) is 35.6 Å². The molecule has 1 heterocycles. The maximum absolute atomic E-state index is 13.9. The molecule has 0 aliphatic carbocycles. The zero-order valence-electron chi connectivity index (χ0n) is 10.3. The number of aliphatic hydroxyl groups is 1. The molecular formula is C13H18FNO3. The normalized spacial score (nSPS) is 31.8. The second-order valence-corrected chi connectivity index (χ2v) is 4.61. The van der Waals surface area contributed by atoms with Gasteiger partial charge in [-0.05, 0) is 6.07 Å². The van der Waals surface area contributed by atoms with Crippen LogP contribution in [0.1, 0.15) is 5.56 Å². The Labute approximate surface area is 106 Å². The lowest BCUT2D eigenvalue weighted by molar-refractivity contribution is 0.00958. The van der Waals surface area contributed by atoms with E-state index in [0.29, 0.717) is 12.2 Å². The van der Waals surface area contributed by atoms with Crippen molar-refractivity contribution >= 4 is 0 Å². The zero-order chi connectivity index (χ0) is 13.2. The van der Waals surface area contributed by atoms with Crippen LogP contribution in [0.15, 0.2) is 24.3 Å². The maximum Gasteiger partial charge on any atom is 0.128 e. The van der Waals surface area contributed by atoms with E-state index in [4.69, 9.17) is 15.2 Å². The van der Waals surface area contributed by atoms with Gasteiger partial charge in [0.25, 0.3) is 0 Å². The number of hydrogen-bond donors (Lipinski definition) is 2. The van der Waals surface area contributed by atoms with Gasteiger partial charge in [0.05, 0.1) is 31.5 Å². The first kappa shape index (κ1) is 13.4. The van der Waals surface area contributed by atoms with E-state index in [1.165, 1.54) is 6.07 Å². The smallest absolute Gasteiger partial charge is 0.128 e. The molecule has 2 rings (SSSR count). The second kappa shape index (κ2) is 5.32. The Morgan fingerprint density at radius 2 is 2.28 bits per heavy atom. The third kappa shape index (κ3) is 2.14. The van der Waals surface area contributed by atoms with E-state index in [1.54, 1.807) is 25.3 Å². The molecule has 5 heteroatoms. The van der Waals surface area contributed by atoms with Gasteiger partial charge in [-0.2, -0.15) is 0 Å². The topological polar surface area (TPSA) is 64.7 Å². The number of ether oxygens (including phenoxy) is 2. The van der Waals surface area contributed by atoms with Gasteiger partial charge in [0.2, 0.25) is 0 Å². The van der Waals surface area contributed by atoms with Crippen molar-refractivity contribution in [3.8, 4) is 0 Å². The van der Waals surface area contributed by atoms with E-state index >= 15 is 0 Å². The summed E-state index contributed by atoms with van der Waals surface area (Å²) in [5, 5.41) is 9.51. The lowest BCUT2D eigenvalue weighted by atomic mass is 9.79. The summed E-state index contributed by atoms with van der Waals surface area (Å²) < 4.78 is 24.4. The van der Waals surface area contributed by atoms with Crippen LogP contribution < -0.4 is 5.73 Å². The molecule has 1 aliphatic rings. The monoisotopic (exact) mass is 255 g/mol. The van der Waals surface area contributed by atoms with E-state index in [0.717, 1.165) is 0 Å². The SMILES string of the molecule is COCC1OC[C@@](N)(c2ccccc2F)[C@@H]1CO. The number of rotatable bonds is 4. The molecule has 3 N–H and O–H groups in total. The Kier molecular flexibility index (Phi) is 3.97. The largest absolute Gasteiger partial charge is 0.396 e. The van der Waals surface area contributed by atoms with Crippen LogP contribution in [0.4, 0.5) is 4.39 Å². The highest BCUT2D eigenvalue weighted by molar-refractivity contribution is 5.29. The summed E-state index contributed by atoms with van der Waals surface area (Å²) in [6.45, 7) is 0.338. The van der Waals surface area contributed by atoms with Crippen molar-refractivity contribution < 1.29 is 19.0 Å². The average molecular weight is 255 g/mol. The van der Waals surface area contributed by atoms with Crippen molar-refractivity contribution in [1.82, 2.24) is 0 Å². The van der Waals surface area contributed by atoms with Gasteiger partial charge in [0.1, 0.15) is 5.82 Å². The molecule has 100 valence electrons. The Morgan fingerprint density at radius 3 is 2.89 bits per heavy atom. The molecule has 18 heavy (non-hydrogen) atoms. The molecule has 0 spiro atoms. The van der Waals surface area contributed by atoms with E-state index in [9.17, 15) is 9.50 Å². The van der Waals surface area contributed by atoms with Gasteiger partial charge < -0.3 is 20.3 Å². The summed E-state index contributed by atoms with van der Waals surface area (Å²) in [7, 11) is 1.55. The molecule has 0 radical (unpaired) electrons. The summed E-state index contributed by atoms with van der Waals surface area (Å²) in [5.74, 6) is -0.755. The number of methoxy groups -OCH3 is 1. The third-order valence-electron chi connectivity index (χ3n) is 3.55. The second-order valence-electron chi connectivity index (χ2n) is 4.61. The molecule has 1 fully saturated rings. The molecule has 0 bridgehead atoms. The Bertz CT molecular complexity index is 415. The summed E-state index contributed by atoms with van der Waals surface area (Å²) in [4.78, 5) is 0. The minimum absolute atomic E-state index is 0.168. The van der Waals surface area contributed by atoms with Gasteiger partial charge in [-0.1, -0.05) is 18.2 Å². The molecule has 1 aromatic carbocycles. The molecule has 3 atom stereocenters. The standard InChI is InChI=1S/C13H18FNO3/c1-17-7-12-10(6-16)13(15,8-18-12)9-4-2-3-5-11(9)14/h2-5,10,12,16H,6-8,15H2,1H3/t10-,12?,13-/m1/s1. The highest BCUT2D eigenvalue weighted by atomic mass is 19.1. The molecule has 0 amide bonds. The first-order valence-corrected chi connectivity index (χ1v) is 5.88. The summed E-state index contributed by atoms with van der Waals surface area (Å²) in [5.41, 5.74) is 5.64. The Morgan fingerprint density at radius 1 is 1.56 bits per heavy atom. The van der Waals surface area contributed by atoms with Crippen molar-refractivity contribution in [3.63, 3.8) is 0 Å². The molecular weight excluding hydrogens is 237 g/mol. The van der Waals surface area contributed by atoms with Crippen LogP contribution >= 0.6 is 0 Å². The predicted molar refractivity (Wildman–Crippen MR) is 64.5 cm³/mol. The minimum Gasteiger partial charge on any atom is -0.396 e. The van der Waals surface area contributed by atoms with Crippen LogP contribution in [0.2, 0.25) is 0 Å². The lowest BCUT2D eigenvalue weighted by Gasteiger charge is -2.31. The maximum atomic E-state index is 13.9. The Hall–Kier alpha value is -1.01. The van der Waals surface area contributed by atoms with Crippen molar-refractivity contribution in [1.29, 1.82) is 0 Å². The summed E-state index contributed by atoms with van der Waals surface area (Å²) in [6, 6.07) is 6.34. The molecule has 1 unspecified atom stereocenters. The number of aliphatic hydroxyl groups excluding tert-OH is 1. The van der Waals surface area contributed by atoms with Crippen molar-refractivity contribution in [2.75, 3.05) is 26.9 Å². The average Bonchev–Trinajstić information content (AvgIpc) is 2.68. The fraction of sp³-hybridized carbons (Fsp3) is 0.538. The number of nitrogens with two attached hydrogens (primary N) is 1. The molecule has 0 saturated carbocycles. The predicted octanol–water partition coefficient (Wildman–Crippen LogP) is 0.633. The van der Waals surface area contributed by atoms with E-state index < -0.39 is 5.54 Å². The lowest BCUT2D eigenvalue weighted by Crippen LogP contribution is -2.48. The number of hydrogen-bond acceptors (Lipinski definition) is 4. The molecule has 4 nitrogen and oxygen atoms in total. The van der Waals surface area contributed by atoms with Crippen LogP contribution in [-0.4, -0.2) is 38.1 Å². The first-order valence-electron chi connectivity index (χ1n) is 5.88. The van der Waals surface area contributed by atoms with Crippen LogP contribution in [0, 0.1) is 11.7 Å². The third-order valence-corrected chi connectivity index (χ3v) is 3.55. The highest BCUT2D eigenvalue weighted by Crippen LogP contribution is 2.38. The summed E-state index contributed by atoms with van der Waals surface area (Å²) >= 11 is 0. The number of halogens is 1. The molecule has 0 aromatic heterocycles. The summed E-state index contributed by atoms with van der Waals surface area (Å²) in [6.07, 6.45) is -0.315. The minimum atomic E-state index is -1.01. The van der Waals surface area contributed by atoms with Crippen LogP contribution in [0.5, 0.6) is 0 Å². The fourth-order valence-electron chi connectivity index (χ4n) is 2.53. The van der Waals surface area contributed by atoms with Crippen LogP contribution in [-0.2, 0) is 15.0 Å². The molecule has 1 aliphatic heterocycles. The van der Waals surface area contributed by atoms with Crippen LogP contribution in [0.25, 0.3) is 0 Å². The van der Waals surface area contributed by atoms with E-state index in [-0.39, 0.29) is 31.1 Å². The van der Waals surface area contributed by atoms with E-state index in [1.807, 2.05) is 0 Å².